The lowest BCUT2D eigenvalue weighted by molar-refractivity contribution is -0.129. The van der Waals surface area contributed by atoms with Crippen LogP contribution in [-0.4, -0.2) is 51.6 Å². The fourth-order valence-corrected chi connectivity index (χ4v) is 3.54. The lowest BCUT2D eigenvalue weighted by atomic mass is 10.1. The molecule has 1 aromatic heterocycles. The minimum absolute atomic E-state index is 0.147. The minimum atomic E-state index is 0.147. The highest BCUT2D eigenvalue weighted by atomic mass is 16.3. The molecule has 1 amide bonds. The van der Waals surface area contributed by atoms with Gasteiger partial charge in [0.15, 0.2) is 0 Å². The monoisotopic (exact) mass is 388 g/mol. The van der Waals surface area contributed by atoms with Crippen LogP contribution >= 0.6 is 0 Å². The van der Waals surface area contributed by atoms with E-state index in [1.165, 1.54) is 5.69 Å². The number of aromatic nitrogens is 2. The SMILES string of the molecule is CC(=O)N1CCN(c2ccc(/C=C/c3cc(O)cc(-n4ccnc4)c3)cc2)CC1. The van der Waals surface area contributed by atoms with Crippen molar-refractivity contribution in [1.29, 1.82) is 0 Å². The molecule has 1 saturated heterocycles. The van der Waals surface area contributed by atoms with E-state index in [9.17, 15) is 9.90 Å². The predicted molar refractivity (Wildman–Crippen MR) is 115 cm³/mol. The van der Waals surface area contributed by atoms with Crippen molar-refractivity contribution >= 4 is 23.7 Å². The van der Waals surface area contributed by atoms with Crippen molar-refractivity contribution < 1.29 is 9.90 Å². The molecule has 1 N–H and O–H groups in total. The van der Waals surface area contributed by atoms with Gasteiger partial charge in [-0.15, -0.1) is 0 Å². The molecule has 0 atom stereocenters. The summed E-state index contributed by atoms with van der Waals surface area (Å²) >= 11 is 0. The molecule has 0 bridgehead atoms. The number of anilines is 1. The van der Waals surface area contributed by atoms with Gasteiger partial charge in [-0.2, -0.15) is 0 Å². The zero-order valence-electron chi connectivity index (χ0n) is 16.4. The van der Waals surface area contributed by atoms with Crippen molar-refractivity contribution in [3.05, 3.63) is 72.3 Å². The summed E-state index contributed by atoms with van der Waals surface area (Å²) in [7, 11) is 0. The molecule has 6 heteroatoms. The van der Waals surface area contributed by atoms with Crippen LogP contribution in [0.4, 0.5) is 5.69 Å². The molecule has 29 heavy (non-hydrogen) atoms. The third-order valence-corrected chi connectivity index (χ3v) is 5.18. The molecular formula is C23H24N4O2. The summed E-state index contributed by atoms with van der Waals surface area (Å²) in [6.07, 6.45) is 9.28. The number of carbonyl (C=O) groups is 1. The first-order valence-corrected chi connectivity index (χ1v) is 9.69. The quantitative estimate of drug-likeness (QED) is 0.696. The number of aromatic hydroxyl groups is 1. The van der Waals surface area contributed by atoms with Gasteiger partial charge in [0.05, 0.1) is 12.0 Å². The van der Waals surface area contributed by atoms with E-state index in [1.807, 2.05) is 33.9 Å². The van der Waals surface area contributed by atoms with Crippen LogP contribution in [0.2, 0.25) is 0 Å². The van der Waals surface area contributed by atoms with Gasteiger partial charge in [0.2, 0.25) is 5.91 Å². The Morgan fingerprint density at radius 3 is 2.34 bits per heavy atom. The molecule has 0 saturated carbocycles. The molecule has 0 radical (unpaired) electrons. The lowest BCUT2D eigenvalue weighted by Crippen LogP contribution is -2.48. The van der Waals surface area contributed by atoms with E-state index in [2.05, 4.69) is 34.1 Å². The van der Waals surface area contributed by atoms with Gasteiger partial charge in [-0.3, -0.25) is 4.79 Å². The molecule has 0 unspecified atom stereocenters. The van der Waals surface area contributed by atoms with Crippen molar-refractivity contribution in [3.63, 3.8) is 0 Å². The summed E-state index contributed by atoms with van der Waals surface area (Å²) in [6, 6.07) is 13.8. The summed E-state index contributed by atoms with van der Waals surface area (Å²) < 4.78 is 1.86. The first-order valence-electron chi connectivity index (χ1n) is 9.69. The van der Waals surface area contributed by atoms with E-state index in [1.54, 1.807) is 31.6 Å². The van der Waals surface area contributed by atoms with Crippen LogP contribution in [-0.2, 0) is 4.79 Å². The van der Waals surface area contributed by atoms with Crippen LogP contribution in [0, 0.1) is 0 Å². The summed E-state index contributed by atoms with van der Waals surface area (Å²) in [5, 5.41) is 10.0. The maximum atomic E-state index is 11.5. The number of carbonyl (C=O) groups excluding carboxylic acids is 1. The van der Waals surface area contributed by atoms with Gasteiger partial charge in [-0.1, -0.05) is 24.3 Å². The minimum Gasteiger partial charge on any atom is -0.508 e. The van der Waals surface area contributed by atoms with Gasteiger partial charge in [0.1, 0.15) is 5.75 Å². The third kappa shape index (κ3) is 4.48. The number of hydrogen-bond acceptors (Lipinski definition) is 4. The number of phenolic OH excluding ortho intramolecular Hbond substituents is 1. The van der Waals surface area contributed by atoms with E-state index in [4.69, 9.17) is 0 Å². The number of benzene rings is 2. The second kappa shape index (κ2) is 8.22. The number of hydrogen-bond donors (Lipinski definition) is 1. The zero-order valence-corrected chi connectivity index (χ0v) is 16.4. The molecule has 0 aliphatic carbocycles. The van der Waals surface area contributed by atoms with E-state index >= 15 is 0 Å². The third-order valence-electron chi connectivity index (χ3n) is 5.18. The number of piperazine rings is 1. The Labute approximate surface area is 170 Å². The lowest BCUT2D eigenvalue weighted by Gasteiger charge is -2.35. The topological polar surface area (TPSA) is 61.6 Å². The van der Waals surface area contributed by atoms with E-state index in [0.717, 1.165) is 43.0 Å². The van der Waals surface area contributed by atoms with Crippen molar-refractivity contribution in [2.45, 2.75) is 6.92 Å². The summed E-state index contributed by atoms with van der Waals surface area (Å²) in [5.41, 5.74) is 4.04. The summed E-state index contributed by atoms with van der Waals surface area (Å²) in [6.45, 7) is 4.88. The average Bonchev–Trinajstić information content (AvgIpc) is 3.27. The molecule has 2 aromatic carbocycles. The second-order valence-corrected chi connectivity index (χ2v) is 7.17. The maximum absolute atomic E-state index is 11.5. The normalized spacial score (nSPS) is 14.5. The second-order valence-electron chi connectivity index (χ2n) is 7.17. The van der Waals surface area contributed by atoms with Gasteiger partial charge in [-0.25, -0.2) is 4.98 Å². The highest BCUT2D eigenvalue weighted by Gasteiger charge is 2.18. The Kier molecular flexibility index (Phi) is 5.33. The van der Waals surface area contributed by atoms with Gasteiger partial charge in [-0.05, 0) is 35.4 Å². The highest BCUT2D eigenvalue weighted by Crippen LogP contribution is 2.22. The molecular weight excluding hydrogens is 364 g/mol. The van der Waals surface area contributed by atoms with Crippen LogP contribution in [0.15, 0.2) is 61.2 Å². The Morgan fingerprint density at radius 1 is 0.966 bits per heavy atom. The summed E-state index contributed by atoms with van der Waals surface area (Å²) in [5.74, 6) is 0.365. The molecule has 3 aromatic rings. The van der Waals surface area contributed by atoms with Crippen molar-refractivity contribution in [3.8, 4) is 11.4 Å². The number of phenols is 1. The van der Waals surface area contributed by atoms with Crippen molar-refractivity contribution in [2.24, 2.45) is 0 Å². The zero-order chi connectivity index (χ0) is 20.2. The molecule has 0 spiro atoms. The number of nitrogens with zero attached hydrogens (tertiary/aromatic N) is 4. The first kappa shape index (κ1) is 18.8. The van der Waals surface area contributed by atoms with Gasteiger partial charge < -0.3 is 19.5 Å². The van der Waals surface area contributed by atoms with Gasteiger partial charge in [0.25, 0.3) is 0 Å². The number of amides is 1. The molecule has 1 aliphatic rings. The first-order chi connectivity index (χ1) is 14.1. The standard InChI is InChI=1S/C23H24N4O2/c1-18(28)25-10-12-26(13-11-25)21-6-4-19(5-7-21)2-3-20-14-22(16-23(29)15-20)27-9-8-24-17-27/h2-9,14-17,29H,10-13H2,1H3/b3-2+. The summed E-state index contributed by atoms with van der Waals surface area (Å²) in [4.78, 5) is 19.7. The van der Waals surface area contributed by atoms with E-state index in [0.29, 0.717) is 0 Å². The van der Waals surface area contributed by atoms with E-state index < -0.39 is 0 Å². The van der Waals surface area contributed by atoms with Crippen LogP contribution in [0.25, 0.3) is 17.8 Å². The van der Waals surface area contributed by atoms with Gasteiger partial charge in [0, 0.05) is 57.3 Å². The van der Waals surface area contributed by atoms with Crippen molar-refractivity contribution in [1.82, 2.24) is 14.5 Å². The number of imidazole rings is 1. The average molecular weight is 388 g/mol. The maximum Gasteiger partial charge on any atom is 0.219 e. The molecule has 1 aliphatic heterocycles. The fourth-order valence-electron chi connectivity index (χ4n) is 3.54. The van der Waals surface area contributed by atoms with Crippen LogP contribution in [0.3, 0.4) is 0 Å². The van der Waals surface area contributed by atoms with Crippen LogP contribution in [0.5, 0.6) is 5.75 Å². The fraction of sp³-hybridized carbons (Fsp3) is 0.217. The van der Waals surface area contributed by atoms with E-state index in [-0.39, 0.29) is 11.7 Å². The van der Waals surface area contributed by atoms with Crippen LogP contribution < -0.4 is 4.90 Å². The Morgan fingerprint density at radius 2 is 1.69 bits per heavy atom. The molecule has 148 valence electrons. The molecule has 1 fully saturated rings. The molecule has 2 heterocycles. The predicted octanol–water partition coefficient (Wildman–Crippen LogP) is 3.42. The Balaban J connectivity index is 1.44. The highest BCUT2D eigenvalue weighted by molar-refractivity contribution is 5.74. The smallest absolute Gasteiger partial charge is 0.219 e. The van der Waals surface area contributed by atoms with Crippen LogP contribution in [0.1, 0.15) is 18.1 Å². The van der Waals surface area contributed by atoms with Crippen molar-refractivity contribution in [2.75, 3.05) is 31.1 Å². The largest absolute Gasteiger partial charge is 0.508 e. The molecule has 4 rings (SSSR count). The molecule has 6 nitrogen and oxygen atoms in total. The number of rotatable bonds is 4. The Hall–Kier alpha value is -3.54. The van der Waals surface area contributed by atoms with Gasteiger partial charge >= 0.3 is 0 Å². The Bertz CT molecular complexity index is 1000.